The van der Waals surface area contributed by atoms with Crippen LogP contribution in [0.1, 0.15) is 30.5 Å². The fourth-order valence-electron chi connectivity index (χ4n) is 3.12. The highest BCUT2D eigenvalue weighted by molar-refractivity contribution is 6.04. The van der Waals surface area contributed by atoms with Gasteiger partial charge >= 0.3 is 5.69 Å². The number of rotatable bonds is 3. The summed E-state index contributed by atoms with van der Waals surface area (Å²) in [5.74, 6) is -0.0930. The fraction of sp³-hybridized carbons (Fsp3) is 0.333. The monoisotopic (exact) mass is 372 g/mol. The van der Waals surface area contributed by atoms with Gasteiger partial charge in [-0.05, 0) is 17.7 Å². The highest BCUT2D eigenvalue weighted by atomic mass is 16.5. The second-order valence-corrected chi connectivity index (χ2v) is 6.31. The third kappa shape index (κ3) is 3.01. The van der Waals surface area contributed by atoms with E-state index >= 15 is 0 Å². The van der Waals surface area contributed by atoms with Crippen molar-refractivity contribution in [2.75, 3.05) is 7.11 Å². The van der Waals surface area contributed by atoms with Gasteiger partial charge in [0.15, 0.2) is 0 Å². The number of aromatic hydroxyl groups is 1. The lowest BCUT2D eigenvalue weighted by Gasteiger charge is -2.20. The van der Waals surface area contributed by atoms with Crippen molar-refractivity contribution in [1.82, 2.24) is 14.1 Å². The molecule has 0 aliphatic carbocycles. The molecule has 0 saturated carbocycles. The third-order valence-electron chi connectivity index (χ3n) is 4.66. The third-order valence-corrected chi connectivity index (χ3v) is 4.66. The summed E-state index contributed by atoms with van der Waals surface area (Å²) in [7, 11) is 4.25. The van der Waals surface area contributed by atoms with Gasteiger partial charge < -0.3 is 9.84 Å². The van der Waals surface area contributed by atoms with Crippen LogP contribution >= 0.6 is 0 Å². The summed E-state index contributed by atoms with van der Waals surface area (Å²) >= 11 is 0. The number of hydrazone groups is 1. The summed E-state index contributed by atoms with van der Waals surface area (Å²) in [6.07, 6.45) is 0.229. The first kappa shape index (κ1) is 18.4. The van der Waals surface area contributed by atoms with E-state index < -0.39 is 23.2 Å². The molecule has 2 aromatic rings. The lowest BCUT2D eigenvalue weighted by atomic mass is 9.99. The van der Waals surface area contributed by atoms with Crippen LogP contribution in [0.5, 0.6) is 11.6 Å². The van der Waals surface area contributed by atoms with Gasteiger partial charge in [0.25, 0.3) is 5.56 Å². The molecule has 0 radical (unpaired) electrons. The van der Waals surface area contributed by atoms with Crippen LogP contribution in [-0.4, -0.2) is 38.0 Å². The lowest BCUT2D eigenvalue weighted by molar-refractivity contribution is -0.130. The lowest BCUT2D eigenvalue weighted by Crippen LogP contribution is -2.39. The van der Waals surface area contributed by atoms with Crippen LogP contribution in [-0.2, 0) is 18.9 Å². The summed E-state index contributed by atoms with van der Waals surface area (Å²) in [6.45, 7) is 1.38. The van der Waals surface area contributed by atoms with Crippen LogP contribution < -0.4 is 16.0 Å². The Hall–Kier alpha value is -3.36. The van der Waals surface area contributed by atoms with Crippen molar-refractivity contribution in [1.29, 1.82) is 0 Å². The first-order valence-corrected chi connectivity index (χ1v) is 8.26. The van der Waals surface area contributed by atoms with Crippen molar-refractivity contribution in [2.45, 2.75) is 19.4 Å². The van der Waals surface area contributed by atoms with Crippen LogP contribution in [0.15, 0.2) is 39.0 Å². The van der Waals surface area contributed by atoms with E-state index in [-0.39, 0.29) is 23.6 Å². The van der Waals surface area contributed by atoms with Crippen LogP contribution in [0.25, 0.3) is 0 Å². The number of nitrogens with zero attached hydrogens (tertiary/aromatic N) is 4. The minimum Gasteiger partial charge on any atom is -0.497 e. The normalized spacial score (nSPS) is 16.4. The van der Waals surface area contributed by atoms with Gasteiger partial charge in [-0.1, -0.05) is 12.1 Å². The van der Waals surface area contributed by atoms with E-state index in [0.717, 1.165) is 14.7 Å². The molecular formula is C18H20N4O5. The van der Waals surface area contributed by atoms with Crippen molar-refractivity contribution in [3.63, 3.8) is 0 Å². The Morgan fingerprint density at radius 3 is 2.37 bits per heavy atom. The molecule has 0 spiro atoms. The number of aromatic nitrogens is 2. The molecule has 142 valence electrons. The number of carbonyl (C=O) groups excluding carboxylic acids is 1. The minimum absolute atomic E-state index is 0.0816. The zero-order valence-electron chi connectivity index (χ0n) is 15.5. The Morgan fingerprint density at radius 1 is 1.19 bits per heavy atom. The molecule has 1 atom stereocenters. The fourth-order valence-corrected chi connectivity index (χ4v) is 3.12. The van der Waals surface area contributed by atoms with Gasteiger partial charge in [-0.2, -0.15) is 5.10 Å². The van der Waals surface area contributed by atoms with E-state index in [0.29, 0.717) is 5.75 Å². The van der Waals surface area contributed by atoms with Crippen molar-refractivity contribution in [3.8, 4) is 11.6 Å². The predicted molar refractivity (Wildman–Crippen MR) is 98.0 cm³/mol. The zero-order valence-corrected chi connectivity index (χ0v) is 15.5. The van der Waals surface area contributed by atoms with Crippen molar-refractivity contribution < 1.29 is 14.6 Å². The number of hydrogen-bond acceptors (Lipinski definition) is 6. The van der Waals surface area contributed by atoms with Crippen molar-refractivity contribution in [3.05, 3.63) is 56.2 Å². The first-order valence-electron chi connectivity index (χ1n) is 8.26. The molecule has 27 heavy (non-hydrogen) atoms. The Balaban J connectivity index is 2.09. The maximum absolute atomic E-state index is 12.5. The number of benzene rings is 1. The summed E-state index contributed by atoms with van der Waals surface area (Å²) < 4.78 is 7.02. The van der Waals surface area contributed by atoms with E-state index in [2.05, 4.69) is 5.10 Å². The number of hydrogen-bond donors (Lipinski definition) is 1. The molecule has 0 fully saturated rings. The van der Waals surface area contributed by atoms with Gasteiger partial charge in [-0.25, -0.2) is 9.80 Å². The zero-order chi connectivity index (χ0) is 19.9. The van der Waals surface area contributed by atoms with E-state index in [1.165, 1.54) is 26.0 Å². The topological polar surface area (TPSA) is 106 Å². The van der Waals surface area contributed by atoms with Crippen molar-refractivity contribution >= 4 is 11.6 Å². The molecule has 3 rings (SSSR count). The van der Waals surface area contributed by atoms with Gasteiger partial charge in [0, 0.05) is 27.4 Å². The quantitative estimate of drug-likeness (QED) is 0.844. The number of methoxy groups -OCH3 is 1. The minimum atomic E-state index is -0.659. The van der Waals surface area contributed by atoms with Crippen LogP contribution in [0.2, 0.25) is 0 Å². The second kappa shape index (κ2) is 6.75. The molecule has 1 aromatic heterocycles. The Bertz CT molecular complexity index is 1050. The maximum Gasteiger partial charge on any atom is 0.333 e. The molecule has 1 N–H and O–H groups in total. The molecule has 9 nitrogen and oxygen atoms in total. The van der Waals surface area contributed by atoms with E-state index in [1.54, 1.807) is 19.2 Å². The largest absolute Gasteiger partial charge is 0.497 e. The molecular weight excluding hydrogens is 352 g/mol. The van der Waals surface area contributed by atoms with Gasteiger partial charge in [0.05, 0.1) is 18.9 Å². The van der Waals surface area contributed by atoms with E-state index in [4.69, 9.17) is 4.74 Å². The maximum atomic E-state index is 12.5. The average Bonchev–Trinajstić information content (AvgIpc) is 3.10. The molecule has 9 heteroatoms. The first-order chi connectivity index (χ1) is 12.8. The predicted octanol–water partition coefficient (Wildman–Crippen LogP) is 0.496. The summed E-state index contributed by atoms with van der Waals surface area (Å²) in [4.78, 5) is 36.6. The summed E-state index contributed by atoms with van der Waals surface area (Å²) in [6, 6.07) is 6.75. The molecule has 2 heterocycles. The smallest absolute Gasteiger partial charge is 0.333 e. The van der Waals surface area contributed by atoms with Gasteiger partial charge in [0.1, 0.15) is 11.3 Å². The molecule has 1 aromatic carbocycles. The number of ether oxygens (including phenoxy) is 1. The molecule has 1 amide bonds. The highest BCUT2D eigenvalue weighted by Crippen LogP contribution is 2.34. The molecule has 1 unspecified atom stereocenters. The Kier molecular flexibility index (Phi) is 4.61. The SMILES string of the molecule is COc1ccc(C2CC(c3c(O)n(C)c(=O)n(C)c3=O)=NN2C(C)=O)cc1. The number of carbonyl (C=O) groups is 1. The summed E-state index contributed by atoms with van der Waals surface area (Å²) in [5, 5.41) is 15.9. The molecule has 0 saturated heterocycles. The van der Waals surface area contributed by atoms with Gasteiger partial charge in [0.2, 0.25) is 11.8 Å². The van der Waals surface area contributed by atoms with E-state index in [9.17, 15) is 19.5 Å². The highest BCUT2D eigenvalue weighted by Gasteiger charge is 2.34. The van der Waals surface area contributed by atoms with Crippen LogP contribution in [0, 0.1) is 0 Å². The Morgan fingerprint density at radius 2 is 1.81 bits per heavy atom. The van der Waals surface area contributed by atoms with Gasteiger partial charge in [-0.3, -0.25) is 18.7 Å². The molecule has 1 aliphatic heterocycles. The average molecular weight is 372 g/mol. The number of amides is 1. The van der Waals surface area contributed by atoms with Crippen LogP contribution in [0.3, 0.4) is 0 Å². The van der Waals surface area contributed by atoms with Crippen LogP contribution in [0.4, 0.5) is 0 Å². The second-order valence-electron chi connectivity index (χ2n) is 6.31. The standard InChI is InChI=1S/C18H20N4O5/c1-10(23)22-14(11-5-7-12(27-4)8-6-11)9-13(19-22)15-16(24)20(2)18(26)21(3)17(15)25/h5-8,14,24H,9H2,1-4H3. The van der Waals surface area contributed by atoms with Gasteiger partial charge in [-0.15, -0.1) is 0 Å². The molecule has 0 bridgehead atoms. The van der Waals surface area contributed by atoms with E-state index in [1.807, 2.05) is 12.1 Å². The molecule has 1 aliphatic rings. The Labute approximate surface area is 154 Å². The van der Waals surface area contributed by atoms with Crippen molar-refractivity contribution in [2.24, 2.45) is 19.2 Å². The summed E-state index contributed by atoms with van der Waals surface area (Å²) in [5.41, 5.74) is -0.323.